The van der Waals surface area contributed by atoms with Crippen LogP contribution in [0, 0.1) is 22.7 Å². The fourth-order valence-corrected chi connectivity index (χ4v) is 8.25. The smallest absolute Gasteiger partial charge is 0.335 e. The molecule has 1 aromatic rings. The van der Waals surface area contributed by atoms with E-state index < -0.39 is 22.7 Å². The Morgan fingerprint density at radius 2 is 1.80 bits per heavy atom. The quantitative estimate of drug-likeness (QED) is 0.640. The highest BCUT2D eigenvalue weighted by atomic mass is 16.4. The van der Waals surface area contributed by atoms with Gasteiger partial charge in [0.05, 0.1) is 29.0 Å². The summed E-state index contributed by atoms with van der Waals surface area (Å²) in [5.41, 5.74) is -2.79. The van der Waals surface area contributed by atoms with E-state index in [4.69, 9.17) is 4.42 Å². The van der Waals surface area contributed by atoms with Gasteiger partial charge >= 0.3 is 5.63 Å². The van der Waals surface area contributed by atoms with E-state index in [0.29, 0.717) is 32.1 Å². The average molecular weight is 417 g/mol. The van der Waals surface area contributed by atoms with Crippen molar-refractivity contribution in [3.05, 3.63) is 34.4 Å². The SMILES string of the molecule is C[C@]12CC[C@H]3C(CC[C@]4(O)C[C@@H](O)CC[C@]34C=O)[C@@]1(O)CC[C@@H]2c1ccc(=O)oc1. The van der Waals surface area contributed by atoms with Crippen molar-refractivity contribution in [1.82, 2.24) is 0 Å². The maximum atomic E-state index is 12.5. The van der Waals surface area contributed by atoms with Gasteiger partial charge in [-0.1, -0.05) is 6.92 Å². The molecule has 5 rings (SSSR count). The predicted octanol–water partition coefficient (Wildman–Crippen LogP) is 2.54. The Hall–Kier alpha value is -1.50. The molecule has 1 unspecified atom stereocenters. The summed E-state index contributed by atoms with van der Waals surface area (Å²) in [7, 11) is 0. The third-order valence-electron chi connectivity index (χ3n) is 9.84. The van der Waals surface area contributed by atoms with Crippen LogP contribution in [0.1, 0.15) is 76.2 Å². The summed E-state index contributed by atoms with van der Waals surface area (Å²) >= 11 is 0. The van der Waals surface area contributed by atoms with Crippen molar-refractivity contribution in [3.63, 3.8) is 0 Å². The molecule has 0 radical (unpaired) electrons. The molecule has 6 heteroatoms. The Morgan fingerprint density at radius 3 is 2.50 bits per heavy atom. The third kappa shape index (κ3) is 2.41. The van der Waals surface area contributed by atoms with E-state index in [0.717, 1.165) is 31.1 Å². The minimum atomic E-state index is -1.18. The van der Waals surface area contributed by atoms with Gasteiger partial charge in [-0.3, -0.25) is 0 Å². The van der Waals surface area contributed by atoms with Crippen LogP contribution in [0.2, 0.25) is 0 Å². The van der Waals surface area contributed by atoms with Crippen molar-refractivity contribution in [2.75, 3.05) is 0 Å². The fourth-order valence-electron chi connectivity index (χ4n) is 8.25. The first kappa shape index (κ1) is 20.4. The summed E-state index contributed by atoms with van der Waals surface area (Å²) in [5, 5.41) is 33.8. The minimum Gasteiger partial charge on any atom is -0.431 e. The van der Waals surface area contributed by atoms with Gasteiger partial charge in [0.1, 0.15) is 6.29 Å². The van der Waals surface area contributed by atoms with E-state index in [2.05, 4.69) is 6.92 Å². The maximum absolute atomic E-state index is 12.5. The number of carbonyl (C=O) groups excluding carboxylic acids is 1. The number of aliphatic hydroxyl groups is 3. The summed E-state index contributed by atoms with van der Waals surface area (Å²) in [5.74, 6) is -0.0431. The Morgan fingerprint density at radius 1 is 1.03 bits per heavy atom. The molecule has 1 aromatic heterocycles. The normalized spacial score (nSPS) is 50.3. The first-order valence-corrected chi connectivity index (χ1v) is 11.4. The van der Waals surface area contributed by atoms with Crippen molar-refractivity contribution in [2.45, 2.75) is 87.9 Å². The van der Waals surface area contributed by atoms with Crippen LogP contribution in [0.3, 0.4) is 0 Å². The Bertz CT molecular complexity index is 891. The van der Waals surface area contributed by atoms with Crippen LogP contribution in [0.25, 0.3) is 0 Å². The molecule has 0 bridgehead atoms. The van der Waals surface area contributed by atoms with Crippen LogP contribution in [0.4, 0.5) is 0 Å². The molecule has 1 heterocycles. The molecule has 4 fully saturated rings. The number of aldehydes is 1. The van der Waals surface area contributed by atoms with Crippen LogP contribution in [0.15, 0.2) is 27.6 Å². The van der Waals surface area contributed by atoms with E-state index in [9.17, 15) is 24.9 Å². The zero-order valence-electron chi connectivity index (χ0n) is 17.5. The van der Waals surface area contributed by atoms with Crippen LogP contribution < -0.4 is 5.63 Å². The largest absolute Gasteiger partial charge is 0.431 e. The molecule has 4 saturated carbocycles. The van der Waals surface area contributed by atoms with Crippen LogP contribution in [-0.2, 0) is 4.79 Å². The monoisotopic (exact) mass is 416 g/mol. The van der Waals surface area contributed by atoms with E-state index in [1.807, 2.05) is 6.07 Å². The number of fused-ring (bicyclic) bond motifs is 5. The van der Waals surface area contributed by atoms with Crippen molar-refractivity contribution < 1.29 is 24.5 Å². The van der Waals surface area contributed by atoms with Crippen LogP contribution in [0.5, 0.6) is 0 Å². The topological polar surface area (TPSA) is 108 Å². The zero-order chi connectivity index (χ0) is 21.4. The number of rotatable bonds is 2. The molecule has 6 nitrogen and oxygen atoms in total. The van der Waals surface area contributed by atoms with Crippen molar-refractivity contribution in [2.24, 2.45) is 22.7 Å². The third-order valence-corrected chi connectivity index (χ3v) is 9.84. The van der Waals surface area contributed by atoms with Gasteiger partial charge in [-0.2, -0.15) is 0 Å². The van der Waals surface area contributed by atoms with Gasteiger partial charge in [0.25, 0.3) is 0 Å². The molecule has 164 valence electrons. The number of hydrogen-bond donors (Lipinski definition) is 3. The molecular formula is C24H32O6. The lowest BCUT2D eigenvalue weighted by Gasteiger charge is -2.65. The molecule has 0 aliphatic heterocycles. The predicted molar refractivity (Wildman–Crippen MR) is 109 cm³/mol. The van der Waals surface area contributed by atoms with Gasteiger partial charge in [0.15, 0.2) is 0 Å². The summed E-state index contributed by atoms with van der Waals surface area (Å²) in [4.78, 5) is 23.9. The molecule has 0 saturated heterocycles. The molecule has 8 atom stereocenters. The van der Waals surface area contributed by atoms with Crippen molar-refractivity contribution in [1.29, 1.82) is 0 Å². The van der Waals surface area contributed by atoms with E-state index >= 15 is 0 Å². The van der Waals surface area contributed by atoms with Gasteiger partial charge in [0, 0.05) is 17.9 Å². The van der Waals surface area contributed by atoms with Gasteiger partial charge in [-0.25, -0.2) is 4.79 Å². The molecule has 0 amide bonds. The second kappa shape index (κ2) is 6.50. The molecule has 0 spiro atoms. The summed E-state index contributed by atoms with van der Waals surface area (Å²) in [6.45, 7) is 2.14. The summed E-state index contributed by atoms with van der Waals surface area (Å²) < 4.78 is 5.12. The van der Waals surface area contributed by atoms with E-state index in [-0.39, 0.29) is 35.2 Å². The maximum Gasteiger partial charge on any atom is 0.335 e. The zero-order valence-corrected chi connectivity index (χ0v) is 17.5. The Kier molecular flexibility index (Phi) is 4.42. The van der Waals surface area contributed by atoms with E-state index in [1.54, 1.807) is 0 Å². The molecule has 30 heavy (non-hydrogen) atoms. The second-order valence-electron chi connectivity index (χ2n) is 10.7. The van der Waals surface area contributed by atoms with Crippen LogP contribution >= 0.6 is 0 Å². The number of hydrogen-bond acceptors (Lipinski definition) is 6. The van der Waals surface area contributed by atoms with Gasteiger partial charge in [-0.05, 0) is 80.8 Å². The highest BCUT2D eigenvalue weighted by Crippen LogP contribution is 2.70. The lowest BCUT2D eigenvalue weighted by atomic mass is 9.41. The highest BCUT2D eigenvalue weighted by molar-refractivity contribution is 5.64. The molecular weight excluding hydrogens is 384 g/mol. The lowest BCUT2D eigenvalue weighted by molar-refractivity contribution is -0.247. The van der Waals surface area contributed by atoms with Gasteiger partial charge in [-0.15, -0.1) is 0 Å². The molecule has 0 aromatic carbocycles. The average Bonchev–Trinajstić information content (AvgIpc) is 2.99. The first-order valence-electron chi connectivity index (χ1n) is 11.4. The Labute approximate surface area is 176 Å². The first-order chi connectivity index (χ1) is 14.2. The number of carbonyl (C=O) groups is 1. The summed E-state index contributed by atoms with van der Waals surface area (Å²) in [6.07, 6.45) is 7.24. The van der Waals surface area contributed by atoms with Gasteiger partial charge in [0.2, 0.25) is 0 Å². The van der Waals surface area contributed by atoms with E-state index in [1.165, 1.54) is 12.3 Å². The minimum absolute atomic E-state index is 0.0577. The number of aliphatic hydroxyl groups excluding tert-OH is 1. The Balaban J connectivity index is 1.53. The van der Waals surface area contributed by atoms with Crippen LogP contribution in [-0.4, -0.2) is 38.9 Å². The summed E-state index contributed by atoms with van der Waals surface area (Å²) in [6, 6.07) is 3.26. The van der Waals surface area contributed by atoms with Crippen molar-refractivity contribution in [3.8, 4) is 0 Å². The second-order valence-corrected chi connectivity index (χ2v) is 10.7. The molecule has 4 aliphatic carbocycles. The van der Waals surface area contributed by atoms with Gasteiger partial charge < -0.3 is 24.5 Å². The molecule has 4 aliphatic rings. The fraction of sp³-hybridized carbons (Fsp3) is 0.750. The highest BCUT2D eigenvalue weighted by Gasteiger charge is 2.71. The standard InChI is InChI=1S/C24H32O6/c1-21-8-5-18-19(6-10-23(28)12-16(26)4-9-22(18,23)14-25)24(21,29)11-7-17(21)15-2-3-20(27)30-13-15/h2-3,13-14,16-19,26,28-29H,4-12H2,1H3/t16-,17+,18-,19?,21+,22-,23-,24-/m0/s1. The lowest BCUT2D eigenvalue weighted by Crippen LogP contribution is -2.68. The molecule has 3 N–H and O–H groups in total. The van der Waals surface area contributed by atoms with Crippen molar-refractivity contribution >= 4 is 6.29 Å².